The largest absolute Gasteiger partial charge is 0.385 e. The summed E-state index contributed by atoms with van der Waals surface area (Å²) in [4.78, 5) is 0. The molecule has 76 valence electrons. The van der Waals surface area contributed by atoms with Gasteiger partial charge in [-0.25, -0.2) is 4.39 Å². The molecular weight excluding hydrogens is 177 g/mol. The van der Waals surface area contributed by atoms with Crippen LogP contribution in [0, 0.1) is 11.2 Å². The first kappa shape index (κ1) is 9.50. The summed E-state index contributed by atoms with van der Waals surface area (Å²) in [5, 5.41) is 3.34. The lowest BCUT2D eigenvalue weighted by Gasteiger charge is -2.21. The van der Waals surface area contributed by atoms with Crippen LogP contribution in [-0.2, 0) is 6.42 Å². The summed E-state index contributed by atoms with van der Waals surface area (Å²) >= 11 is 0. The van der Waals surface area contributed by atoms with Gasteiger partial charge in [-0.05, 0) is 42.0 Å². The number of hydrogen-bond acceptors (Lipinski definition) is 1. The van der Waals surface area contributed by atoms with Crippen molar-refractivity contribution in [1.82, 2.24) is 0 Å². The average molecular weight is 193 g/mol. The summed E-state index contributed by atoms with van der Waals surface area (Å²) in [7, 11) is 0. The molecule has 1 aliphatic rings. The zero-order valence-electron chi connectivity index (χ0n) is 8.73. The molecule has 1 aliphatic heterocycles. The minimum atomic E-state index is -0.136. The van der Waals surface area contributed by atoms with Crippen molar-refractivity contribution in [3.63, 3.8) is 0 Å². The molecule has 0 spiro atoms. The minimum absolute atomic E-state index is 0.136. The number of fused-ring (bicyclic) bond motifs is 1. The Morgan fingerprint density at radius 2 is 2.14 bits per heavy atom. The highest BCUT2D eigenvalue weighted by Crippen LogP contribution is 2.32. The summed E-state index contributed by atoms with van der Waals surface area (Å²) in [5.74, 6) is -0.136. The fourth-order valence-corrected chi connectivity index (χ4v) is 2.02. The zero-order chi connectivity index (χ0) is 10.2. The van der Waals surface area contributed by atoms with E-state index >= 15 is 0 Å². The van der Waals surface area contributed by atoms with Gasteiger partial charge in [-0.15, -0.1) is 0 Å². The first-order valence-electron chi connectivity index (χ1n) is 5.09. The van der Waals surface area contributed by atoms with E-state index in [2.05, 4.69) is 19.2 Å². The van der Waals surface area contributed by atoms with E-state index < -0.39 is 0 Å². The van der Waals surface area contributed by atoms with Gasteiger partial charge in [-0.3, -0.25) is 0 Å². The molecule has 0 aliphatic carbocycles. The summed E-state index contributed by atoms with van der Waals surface area (Å²) in [6, 6.07) is 5.01. The SMILES string of the molecule is CC1(C)CCNc2ccc(F)cc2C1. The standard InChI is InChI=1S/C12H16FN/c1-12(2)5-6-14-11-4-3-10(13)7-9(11)8-12/h3-4,7,14H,5-6,8H2,1-2H3. The van der Waals surface area contributed by atoms with Crippen molar-refractivity contribution in [3.05, 3.63) is 29.6 Å². The van der Waals surface area contributed by atoms with Gasteiger partial charge in [0.2, 0.25) is 0 Å². The number of hydrogen-bond donors (Lipinski definition) is 1. The van der Waals surface area contributed by atoms with Crippen LogP contribution in [-0.4, -0.2) is 6.54 Å². The predicted octanol–water partition coefficient (Wildman–Crippen LogP) is 3.21. The third kappa shape index (κ3) is 1.89. The Morgan fingerprint density at radius 3 is 2.93 bits per heavy atom. The van der Waals surface area contributed by atoms with Crippen molar-refractivity contribution in [1.29, 1.82) is 0 Å². The molecule has 2 heteroatoms. The number of rotatable bonds is 0. The Hall–Kier alpha value is -1.05. The number of anilines is 1. The molecule has 1 aromatic carbocycles. The maximum atomic E-state index is 13.1. The summed E-state index contributed by atoms with van der Waals surface area (Å²) in [6.07, 6.45) is 2.08. The van der Waals surface area contributed by atoms with Crippen LogP contribution < -0.4 is 5.32 Å². The Kier molecular flexibility index (Phi) is 2.22. The molecule has 1 aromatic rings. The molecule has 0 aromatic heterocycles. The molecule has 0 atom stereocenters. The van der Waals surface area contributed by atoms with Crippen LogP contribution in [0.2, 0.25) is 0 Å². The van der Waals surface area contributed by atoms with Crippen LogP contribution in [0.4, 0.5) is 10.1 Å². The first-order chi connectivity index (χ1) is 6.57. The van der Waals surface area contributed by atoms with Crippen molar-refractivity contribution in [2.75, 3.05) is 11.9 Å². The molecule has 0 bridgehead atoms. The Balaban J connectivity index is 2.38. The third-order valence-corrected chi connectivity index (χ3v) is 2.85. The second-order valence-corrected chi connectivity index (χ2v) is 4.82. The van der Waals surface area contributed by atoms with Crippen LogP contribution in [0.3, 0.4) is 0 Å². The molecule has 0 unspecified atom stereocenters. The summed E-state index contributed by atoms with van der Waals surface area (Å²) in [5.41, 5.74) is 2.47. The molecule has 0 fully saturated rings. The van der Waals surface area contributed by atoms with Gasteiger partial charge in [-0.1, -0.05) is 13.8 Å². The first-order valence-corrected chi connectivity index (χ1v) is 5.09. The second kappa shape index (κ2) is 3.26. The van der Waals surface area contributed by atoms with Gasteiger partial charge >= 0.3 is 0 Å². The van der Waals surface area contributed by atoms with Crippen LogP contribution >= 0.6 is 0 Å². The monoisotopic (exact) mass is 193 g/mol. The molecule has 2 rings (SSSR count). The molecule has 14 heavy (non-hydrogen) atoms. The van der Waals surface area contributed by atoms with Gasteiger partial charge in [-0.2, -0.15) is 0 Å². The molecule has 0 radical (unpaired) electrons. The molecule has 1 heterocycles. The molecule has 1 nitrogen and oxygen atoms in total. The van der Waals surface area contributed by atoms with Crippen LogP contribution in [0.25, 0.3) is 0 Å². The predicted molar refractivity (Wildman–Crippen MR) is 57.0 cm³/mol. The van der Waals surface area contributed by atoms with E-state index in [1.165, 1.54) is 6.07 Å². The van der Waals surface area contributed by atoms with E-state index in [0.29, 0.717) is 0 Å². The fraction of sp³-hybridized carbons (Fsp3) is 0.500. The van der Waals surface area contributed by atoms with Crippen LogP contribution in [0.5, 0.6) is 0 Å². The van der Waals surface area contributed by atoms with E-state index in [-0.39, 0.29) is 11.2 Å². The van der Waals surface area contributed by atoms with Gasteiger partial charge in [0.1, 0.15) is 5.82 Å². The van der Waals surface area contributed by atoms with E-state index in [9.17, 15) is 4.39 Å². The van der Waals surface area contributed by atoms with Crippen LogP contribution in [0.15, 0.2) is 18.2 Å². The number of benzene rings is 1. The van der Waals surface area contributed by atoms with Gasteiger partial charge in [0.05, 0.1) is 0 Å². The van der Waals surface area contributed by atoms with Gasteiger partial charge in [0.15, 0.2) is 0 Å². The molecule has 0 amide bonds. The smallest absolute Gasteiger partial charge is 0.123 e. The highest BCUT2D eigenvalue weighted by atomic mass is 19.1. The topological polar surface area (TPSA) is 12.0 Å². The van der Waals surface area contributed by atoms with Gasteiger partial charge in [0.25, 0.3) is 0 Å². The highest BCUT2D eigenvalue weighted by molar-refractivity contribution is 5.52. The fourth-order valence-electron chi connectivity index (χ4n) is 2.02. The van der Waals surface area contributed by atoms with Crippen molar-refractivity contribution in [2.24, 2.45) is 5.41 Å². The average Bonchev–Trinajstić information content (AvgIpc) is 2.21. The summed E-state index contributed by atoms with van der Waals surface area (Å²) in [6.45, 7) is 5.44. The van der Waals surface area contributed by atoms with Crippen molar-refractivity contribution in [3.8, 4) is 0 Å². The third-order valence-electron chi connectivity index (χ3n) is 2.85. The number of halogens is 1. The van der Waals surface area contributed by atoms with E-state index in [0.717, 1.165) is 30.6 Å². The lowest BCUT2D eigenvalue weighted by Crippen LogP contribution is -2.15. The summed E-state index contributed by atoms with van der Waals surface area (Å²) < 4.78 is 13.1. The quantitative estimate of drug-likeness (QED) is 0.667. The van der Waals surface area contributed by atoms with Crippen molar-refractivity contribution < 1.29 is 4.39 Å². The van der Waals surface area contributed by atoms with Crippen molar-refractivity contribution >= 4 is 5.69 Å². The lowest BCUT2D eigenvalue weighted by molar-refractivity contribution is 0.348. The highest BCUT2D eigenvalue weighted by Gasteiger charge is 2.22. The Labute approximate surface area is 84.3 Å². The molecular formula is C12H16FN. The van der Waals surface area contributed by atoms with E-state index in [1.807, 2.05) is 6.07 Å². The van der Waals surface area contributed by atoms with Crippen molar-refractivity contribution in [2.45, 2.75) is 26.7 Å². The number of nitrogens with one attached hydrogen (secondary N) is 1. The van der Waals surface area contributed by atoms with Crippen LogP contribution in [0.1, 0.15) is 25.8 Å². The zero-order valence-corrected chi connectivity index (χ0v) is 8.73. The maximum absolute atomic E-state index is 13.1. The van der Waals surface area contributed by atoms with E-state index in [4.69, 9.17) is 0 Å². The Morgan fingerprint density at radius 1 is 1.36 bits per heavy atom. The molecule has 1 N–H and O–H groups in total. The van der Waals surface area contributed by atoms with Gasteiger partial charge < -0.3 is 5.32 Å². The Bertz CT molecular complexity index is 344. The molecule has 0 saturated heterocycles. The minimum Gasteiger partial charge on any atom is -0.385 e. The van der Waals surface area contributed by atoms with E-state index in [1.54, 1.807) is 6.07 Å². The second-order valence-electron chi connectivity index (χ2n) is 4.82. The van der Waals surface area contributed by atoms with Gasteiger partial charge in [0, 0.05) is 12.2 Å². The maximum Gasteiger partial charge on any atom is 0.123 e. The normalized spacial score (nSPS) is 19.4. The lowest BCUT2D eigenvalue weighted by atomic mass is 9.83. The molecule has 0 saturated carbocycles.